The zero-order valence-electron chi connectivity index (χ0n) is 19.9. The highest BCUT2D eigenvalue weighted by Gasteiger charge is 2.30. The van der Waals surface area contributed by atoms with Gasteiger partial charge in [0.05, 0.1) is 12.0 Å². The number of rotatable bonds is 6. The highest BCUT2D eigenvalue weighted by molar-refractivity contribution is 5.97. The van der Waals surface area contributed by atoms with Gasteiger partial charge >= 0.3 is 5.97 Å². The molecule has 0 spiro atoms. The fourth-order valence-electron chi connectivity index (χ4n) is 4.33. The van der Waals surface area contributed by atoms with Crippen LogP contribution >= 0.6 is 0 Å². The first-order valence-electron chi connectivity index (χ1n) is 11.9. The van der Waals surface area contributed by atoms with Crippen molar-refractivity contribution in [1.29, 1.82) is 0 Å². The Balaban J connectivity index is 2.05. The molecule has 0 aromatic rings. The number of Topliss-reactive ketones (excluding diaryl/α,β-unsaturated/α-hetero) is 1. The van der Waals surface area contributed by atoms with Crippen molar-refractivity contribution >= 4 is 23.6 Å². The van der Waals surface area contributed by atoms with Crippen LogP contribution in [-0.4, -0.2) is 40.9 Å². The lowest BCUT2D eigenvalue weighted by Crippen LogP contribution is -2.38. The predicted octanol–water partition coefficient (Wildman–Crippen LogP) is 3.57. The van der Waals surface area contributed by atoms with Gasteiger partial charge in [0, 0.05) is 31.3 Å². The van der Waals surface area contributed by atoms with Crippen LogP contribution in [0.15, 0.2) is 36.0 Å². The van der Waals surface area contributed by atoms with Crippen molar-refractivity contribution in [3.05, 3.63) is 36.0 Å². The van der Waals surface area contributed by atoms with Crippen LogP contribution in [0.3, 0.4) is 0 Å². The summed E-state index contributed by atoms with van der Waals surface area (Å²) >= 11 is 0. The van der Waals surface area contributed by atoms with Crippen LogP contribution in [0, 0.1) is 17.8 Å². The number of cyclic esters (lactones) is 1. The summed E-state index contributed by atoms with van der Waals surface area (Å²) in [6.45, 7) is 5.48. The molecule has 0 aromatic carbocycles. The van der Waals surface area contributed by atoms with Crippen molar-refractivity contribution in [3.8, 4) is 0 Å². The minimum atomic E-state index is -0.718. The molecule has 1 saturated heterocycles. The number of piperidine rings is 1. The molecule has 7 nitrogen and oxygen atoms in total. The highest BCUT2D eigenvalue weighted by atomic mass is 16.5. The molecular weight excluding hydrogens is 422 g/mol. The van der Waals surface area contributed by atoms with Crippen LogP contribution in [0.2, 0.25) is 0 Å². The number of esters is 1. The molecule has 0 unspecified atom stereocenters. The van der Waals surface area contributed by atoms with Gasteiger partial charge < -0.3 is 9.84 Å². The van der Waals surface area contributed by atoms with E-state index in [-0.39, 0.29) is 35.9 Å². The Morgan fingerprint density at radius 1 is 1.15 bits per heavy atom. The van der Waals surface area contributed by atoms with Crippen molar-refractivity contribution < 1.29 is 29.0 Å². The quantitative estimate of drug-likeness (QED) is 0.357. The largest absolute Gasteiger partial charge is 0.454 e. The number of aliphatic hydroxyl groups is 1. The average Bonchev–Trinajstić information content (AvgIpc) is 2.74. The van der Waals surface area contributed by atoms with Gasteiger partial charge in [0.1, 0.15) is 11.9 Å². The molecule has 4 atom stereocenters. The van der Waals surface area contributed by atoms with E-state index in [1.165, 1.54) is 6.08 Å². The number of allylic oxidation sites excluding steroid dienone is 2. The van der Waals surface area contributed by atoms with Crippen LogP contribution in [0.1, 0.15) is 72.1 Å². The molecule has 1 fully saturated rings. The van der Waals surface area contributed by atoms with E-state index < -0.39 is 24.1 Å². The molecule has 0 aliphatic carbocycles. The summed E-state index contributed by atoms with van der Waals surface area (Å²) in [7, 11) is 0. The first kappa shape index (κ1) is 26.7. The first-order chi connectivity index (χ1) is 15.7. The summed E-state index contributed by atoms with van der Waals surface area (Å²) in [4.78, 5) is 48.4. The van der Waals surface area contributed by atoms with Gasteiger partial charge in [0.15, 0.2) is 0 Å². The molecule has 182 valence electrons. The Bertz CT molecular complexity index is 796. The molecule has 7 heteroatoms. The highest BCUT2D eigenvalue weighted by Crippen LogP contribution is 2.25. The second-order valence-electron chi connectivity index (χ2n) is 9.27. The fourth-order valence-corrected chi connectivity index (χ4v) is 4.33. The molecule has 2 amide bonds. The Kier molecular flexibility index (Phi) is 10.7. The maximum absolute atomic E-state index is 12.9. The first-order valence-corrected chi connectivity index (χ1v) is 11.9. The fraction of sp³-hybridized carbons (Fsp3) is 0.615. The number of hydrogen-bond acceptors (Lipinski definition) is 6. The number of ketones is 1. The van der Waals surface area contributed by atoms with Crippen LogP contribution in [0.25, 0.3) is 0 Å². The van der Waals surface area contributed by atoms with E-state index >= 15 is 0 Å². The maximum Gasteiger partial charge on any atom is 0.331 e. The van der Waals surface area contributed by atoms with Gasteiger partial charge in [-0.3, -0.25) is 19.7 Å². The van der Waals surface area contributed by atoms with E-state index in [0.29, 0.717) is 38.5 Å². The summed E-state index contributed by atoms with van der Waals surface area (Å²) < 4.78 is 5.69. The van der Waals surface area contributed by atoms with Crippen molar-refractivity contribution in [2.45, 2.75) is 84.3 Å². The molecular formula is C26H37NO6. The molecule has 2 aliphatic heterocycles. The number of aliphatic hydroxyl groups excluding tert-OH is 1. The van der Waals surface area contributed by atoms with Gasteiger partial charge in [0.2, 0.25) is 11.8 Å². The lowest BCUT2D eigenvalue weighted by Gasteiger charge is -2.26. The van der Waals surface area contributed by atoms with Crippen molar-refractivity contribution in [2.24, 2.45) is 17.8 Å². The molecule has 0 saturated carbocycles. The average molecular weight is 460 g/mol. The van der Waals surface area contributed by atoms with Gasteiger partial charge in [-0.2, -0.15) is 0 Å². The molecule has 0 bridgehead atoms. The molecule has 0 aromatic heterocycles. The molecule has 2 N–H and O–H groups in total. The SMILES string of the molecule is C/C1=C/[C@@H](C)[C@H](O)C/C=C/CC/C=C/C(=O)O[C@@H]1[C@H](C)C(=O)CCCC1CC(=O)NC(=O)C1. The molecule has 33 heavy (non-hydrogen) atoms. The Labute approximate surface area is 196 Å². The van der Waals surface area contributed by atoms with E-state index in [2.05, 4.69) is 5.32 Å². The van der Waals surface area contributed by atoms with Gasteiger partial charge in [-0.25, -0.2) is 4.79 Å². The number of ether oxygens (including phenoxy) is 1. The normalized spacial score (nSPS) is 30.2. The van der Waals surface area contributed by atoms with E-state index in [1.807, 2.05) is 32.1 Å². The van der Waals surface area contributed by atoms with Gasteiger partial charge in [-0.05, 0) is 50.5 Å². The minimum Gasteiger partial charge on any atom is -0.454 e. The second-order valence-corrected chi connectivity index (χ2v) is 9.27. The number of amides is 2. The lowest BCUT2D eigenvalue weighted by molar-refractivity contribution is -0.145. The standard InChI is InChI=1S/C26H37NO6/c1-17-14-18(2)26(33-25(32)13-8-6-4-5-7-11-21(17)28)19(3)22(29)12-9-10-20-15-23(30)27-24(31)16-20/h5,7-8,13-14,17,19-21,26,28H,4,6,9-12,15-16H2,1-3H3,(H,27,30,31)/b7-5+,13-8+,18-14-/t17-,19-,21-,26+/m1/s1. The van der Waals surface area contributed by atoms with E-state index in [9.17, 15) is 24.3 Å². The smallest absolute Gasteiger partial charge is 0.331 e. The number of nitrogens with one attached hydrogen (secondary N) is 1. The van der Waals surface area contributed by atoms with Crippen LogP contribution in [0.4, 0.5) is 0 Å². The number of carbonyl (C=O) groups is 4. The number of imide groups is 1. The minimum absolute atomic E-state index is 0.0339. The third-order valence-corrected chi connectivity index (χ3v) is 6.35. The van der Waals surface area contributed by atoms with Crippen LogP contribution in [0.5, 0.6) is 0 Å². The molecule has 0 radical (unpaired) electrons. The van der Waals surface area contributed by atoms with Crippen LogP contribution < -0.4 is 5.32 Å². The topological polar surface area (TPSA) is 110 Å². The van der Waals surface area contributed by atoms with E-state index in [1.54, 1.807) is 13.0 Å². The Morgan fingerprint density at radius 2 is 1.82 bits per heavy atom. The number of hydrogen-bond donors (Lipinski definition) is 2. The predicted molar refractivity (Wildman–Crippen MR) is 125 cm³/mol. The van der Waals surface area contributed by atoms with Gasteiger partial charge in [0.25, 0.3) is 0 Å². The zero-order valence-corrected chi connectivity index (χ0v) is 19.9. The third kappa shape index (κ3) is 9.08. The molecule has 2 heterocycles. The van der Waals surface area contributed by atoms with Gasteiger partial charge in [-0.1, -0.05) is 38.2 Å². The van der Waals surface area contributed by atoms with Crippen molar-refractivity contribution in [1.82, 2.24) is 5.32 Å². The van der Waals surface area contributed by atoms with Crippen LogP contribution in [-0.2, 0) is 23.9 Å². The lowest BCUT2D eigenvalue weighted by atomic mass is 9.87. The third-order valence-electron chi connectivity index (χ3n) is 6.35. The molecule has 2 rings (SSSR count). The molecule has 2 aliphatic rings. The summed E-state index contributed by atoms with van der Waals surface area (Å²) in [6.07, 6.45) is 11.8. The Morgan fingerprint density at radius 3 is 2.52 bits per heavy atom. The second kappa shape index (κ2) is 13.2. The summed E-state index contributed by atoms with van der Waals surface area (Å²) in [6, 6.07) is 0. The Hall–Kier alpha value is -2.54. The summed E-state index contributed by atoms with van der Waals surface area (Å²) in [5, 5.41) is 12.7. The van der Waals surface area contributed by atoms with E-state index in [4.69, 9.17) is 4.74 Å². The zero-order chi connectivity index (χ0) is 24.4. The van der Waals surface area contributed by atoms with Gasteiger partial charge in [-0.15, -0.1) is 0 Å². The van der Waals surface area contributed by atoms with Crippen molar-refractivity contribution in [2.75, 3.05) is 0 Å². The summed E-state index contributed by atoms with van der Waals surface area (Å²) in [5.74, 6) is -1.79. The number of carbonyl (C=O) groups excluding carboxylic acids is 4. The van der Waals surface area contributed by atoms with Crippen molar-refractivity contribution in [3.63, 3.8) is 0 Å². The monoisotopic (exact) mass is 459 g/mol. The van der Waals surface area contributed by atoms with E-state index in [0.717, 1.165) is 12.0 Å². The maximum atomic E-state index is 12.9. The summed E-state index contributed by atoms with van der Waals surface area (Å²) in [5.41, 5.74) is 0.736.